The molecule has 0 saturated carbocycles. The van der Waals surface area contributed by atoms with Crippen LogP contribution in [-0.2, 0) is 4.74 Å². The molecule has 3 heteroatoms. The molecule has 1 saturated heterocycles. The first kappa shape index (κ1) is 13.1. The second-order valence-corrected chi connectivity index (χ2v) is 5.19. The predicted octanol–water partition coefficient (Wildman–Crippen LogP) is 2.60. The van der Waals surface area contributed by atoms with Gasteiger partial charge in [-0.3, -0.25) is 4.79 Å². The number of hydrogen-bond donors (Lipinski definition) is 1. The van der Waals surface area contributed by atoms with Gasteiger partial charge in [0.2, 0.25) is 0 Å². The van der Waals surface area contributed by atoms with Gasteiger partial charge in [-0.2, -0.15) is 0 Å². The summed E-state index contributed by atoms with van der Waals surface area (Å²) in [5.74, 6) is -0.00944. The Hall–Kier alpha value is -1.35. The summed E-state index contributed by atoms with van der Waals surface area (Å²) in [4.78, 5) is 12.1. The lowest BCUT2D eigenvalue weighted by Crippen LogP contribution is -2.40. The average Bonchev–Trinajstić information content (AvgIpc) is 2.80. The zero-order valence-electron chi connectivity index (χ0n) is 11.3. The summed E-state index contributed by atoms with van der Waals surface area (Å²) in [5, 5.41) is 3.03. The normalized spacial score (nSPS) is 20.7. The van der Waals surface area contributed by atoms with Gasteiger partial charge >= 0.3 is 0 Å². The quantitative estimate of drug-likeness (QED) is 0.891. The molecule has 1 fully saturated rings. The van der Waals surface area contributed by atoms with E-state index in [1.807, 2.05) is 32.9 Å². The first-order chi connectivity index (χ1) is 8.56. The van der Waals surface area contributed by atoms with Crippen molar-refractivity contribution < 1.29 is 9.53 Å². The molecule has 0 aliphatic carbocycles. The minimum atomic E-state index is -0.00944. The van der Waals surface area contributed by atoms with Crippen LogP contribution >= 0.6 is 0 Å². The first-order valence-electron chi connectivity index (χ1n) is 6.57. The maximum Gasteiger partial charge on any atom is 0.251 e. The highest BCUT2D eigenvalue weighted by Gasteiger charge is 2.23. The maximum absolute atomic E-state index is 12.1. The van der Waals surface area contributed by atoms with E-state index in [0.29, 0.717) is 0 Å². The molecule has 0 aromatic heterocycles. The van der Waals surface area contributed by atoms with E-state index in [1.165, 1.54) is 0 Å². The van der Waals surface area contributed by atoms with Crippen LogP contribution in [0.15, 0.2) is 18.2 Å². The number of ether oxygens (including phenoxy) is 1. The summed E-state index contributed by atoms with van der Waals surface area (Å²) in [6.45, 7) is 6.84. The molecular weight excluding hydrogens is 226 g/mol. The van der Waals surface area contributed by atoms with E-state index in [4.69, 9.17) is 4.74 Å². The number of benzene rings is 1. The largest absolute Gasteiger partial charge is 0.376 e. The van der Waals surface area contributed by atoms with Crippen LogP contribution in [0.25, 0.3) is 0 Å². The van der Waals surface area contributed by atoms with Crippen LogP contribution in [0, 0.1) is 13.8 Å². The molecule has 98 valence electrons. The van der Waals surface area contributed by atoms with E-state index in [9.17, 15) is 4.79 Å². The Labute approximate surface area is 109 Å². The molecule has 0 radical (unpaired) electrons. The Kier molecular flexibility index (Phi) is 4.02. The Morgan fingerprint density at radius 3 is 2.56 bits per heavy atom. The van der Waals surface area contributed by atoms with Crippen molar-refractivity contribution in [3.63, 3.8) is 0 Å². The predicted molar refractivity (Wildman–Crippen MR) is 71.8 cm³/mol. The molecule has 1 aliphatic rings. The van der Waals surface area contributed by atoms with Gasteiger partial charge in [-0.05, 0) is 45.7 Å². The monoisotopic (exact) mass is 247 g/mol. The molecule has 18 heavy (non-hydrogen) atoms. The van der Waals surface area contributed by atoms with E-state index in [-0.39, 0.29) is 18.1 Å². The number of hydrogen-bond acceptors (Lipinski definition) is 2. The topological polar surface area (TPSA) is 38.3 Å². The van der Waals surface area contributed by atoms with Crippen LogP contribution in [0.2, 0.25) is 0 Å². The van der Waals surface area contributed by atoms with Crippen molar-refractivity contribution in [1.29, 1.82) is 0 Å². The summed E-state index contributed by atoms with van der Waals surface area (Å²) in [6.07, 6.45) is 2.29. The molecule has 0 bridgehead atoms. The number of amides is 1. The van der Waals surface area contributed by atoms with Crippen molar-refractivity contribution in [2.75, 3.05) is 6.61 Å². The fraction of sp³-hybridized carbons (Fsp3) is 0.533. The molecule has 1 aromatic carbocycles. The van der Waals surface area contributed by atoms with Gasteiger partial charge in [-0.25, -0.2) is 0 Å². The van der Waals surface area contributed by atoms with Gasteiger partial charge in [-0.15, -0.1) is 0 Å². The Morgan fingerprint density at radius 2 is 2.00 bits per heavy atom. The molecule has 3 nitrogen and oxygen atoms in total. The standard InChI is InChI=1S/C15H21NO2/c1-10-7-11(2)9-13(8-10)15(17)16-12(3)14-5-4-6-18-14/h7-9,12,14H,4-6H2,1-3H3,(H,16,17)/t12-,14+/m1/s1. The van der Waals surface area contributed by atoms with E-state index in [1.54, 1.807) is 0 Å². The van der Waals surface area contributed by atoms with Crippen LogP contribution in [0.5, 0.6) is 0 Å². The molecule has 1 aromatic rings. The van der Waals surface area contributed by atoms with Gasteiger partial charge in [0.1, 0.15) is 0 Å². The molecule has 0 spiro atoms. The number of carbonyl (C=O) groups is 1. The van der Waals surface area contributed by atoms with E-state index in [2.05, 4.69) is 11.4 Å². The highest BCUT2D eigenvalue weighted by Crippen LogP contribution is 2.16. The Bertz CT molecular complexity index is 416. The van der Waals surface area contributed by atoms with E-state index >= 15 is 0 Å². The Morgan fingerprint density at radius 1 is 1.33 bits per heavy atom. The minimum absolute atomic E-state index is 0.00944. The van der Waals surface area contributed by atoms with Crippen LogP contribution in [0.4, 0.5) is 0 Å². The van der Waals surface area contributed by atoms with Crippen molar-refractivity contribution >= 4 is 5.91 Å². The fourth-order valence-electron chi connectivity index (χ4n) is 2.49. The fourth-order valence-corrected chi connectivity index (χ4v) is 2.49. The minimum Gasteiger partial charge on any atom is -0.376 e. The van der Waals surface area contributed by atoms with Crippen molar-refractivity contribution in [2.24, 2.45) is 0 Å². The molecule has 0 unspecified atom stereocenters. The van der Waals surface area contributed by atoms with Crippen LogP contribution in [-0.4, -0.2) is 24.7 Å². The van der Waals surface area contributed by atoms with Crippen molar-refractivity contribution in [2.45, 2.75) is 45.8 Å². The number of rotatable bonds is 3. The number of carbonyl (C=O) groups excluding carboxylic acids is 1. The lowest BCUT2D eigenvalue weighted by Gasteiger charge is -2.20. The van der Waals surface area contributed by atoms with Crippen LogP contribution < -0.4 is 5.32 Å². The zero-order valence-corrected chi connectivity index (χ0v) is 11.3. The van der Waals surface area contributed by atoms with Crippen molar-refractivity contribution in [3.05, 3.63) is 34.9 Å². The zero-order chi connectivity index (χ0) is 13.1. The molecule has 1 aliphatic heterocycles. The van der Waals surface area contributed by atoms with E-state index < -0.39 is 0 Å². The maximum atomic E-state index is 12.1. The second-order valence-electron chi connectivity index (χ2n) is 5.19. The summed E-state index contributed by atoms with van der Waals surface area (Å²) in [6, 6.07) is 5.98. The molecule has 2 rings (SSSR count). The summed E-state index contributed by atoms with van der Waals surface area (Å²) in [5.41, 5.74) is 2.96. The lowest BCUT2D eigenvalue weighted by molar-refractivity contribution is 0.0712. The molecule has 1 heterocycles. The van der Waals surface area contributed by atoms with Gasteiger partial charge < -0.3 is 10.1 Å². The van der Waals surface area contributed by atoms with Gasteiger partial charge in [0.15, 0.2) is 0 Å². The van der Waals surface area contributed by atoms with Gasteiger partial charge in [0, 0.05) is 12.2 Å². The van der Waals surface area contributed by atoms with Crippen molar-refractivity contribution in [1.82, 2.24) is 5.32 Å². The highest BCUT2D eigenvalue weighted by molar-refractivity contribution is 5.94. The summed E-state index contributed by atoms with van der Waals surface area (Å²) < 4.78 is 5.58. The second kappa shape index (κ2) is 5.53. The molecule has 1 amide bonds. The third-order valence-corrected chi connectivity index (χ3v) is 3.37. The van der Waals surface area contributed by atoms with Crippen LogP contribution in [0.3, 0.4) is 0 Å². The van der Waals surface area contributed by atoms with Gasteiger partial charge in [0.05, 0.1) is 12.1 Å². The third-order valence-electron chi connectivity index (χ3n) is 3.37. The third kappa shape index (κ3) is 3.10. The Balaban J connectivity index is 2.02. The molecule has 2 atom stereocenters. The van der Waals surface area contributed by atoms with Gasteiger partial charge in [-0.1, -0.05) is 17.2 Å². The number of nitrogens with one attached hydrogen (secondary N) is 1. The van der Waals surface area contributed by atoms with Crippen LogP contribution in [0.1, 0.15) is 41.3 Å². The summed E-state index contributed by atoms with van der Waals surface area (Å²) in [7, 11) is 0. The lowest BCUT2D eigenvalue weighted by atomic mass is 10.1. The SMILES string of the molecule is Cc1cc(C)cc(C(=O)N[C@H](C)[C@@H]2CCCO2)c1. The molecule has 1 N–H and O–H groups in total. The highest BCUT2D eigenvalue weighted by atomic mass is 16.5. The van der Waals surface area contributed by atoms with Crippen molar-refractivity contribution in [3.8, 4) is 0 Å². The smallest absolute Gasteiger partial charge is 0.251 e. The number of aryl methyl sites for hydroxylation is 2. The molecular formula is C15H21NO2. The van der Waals surface area contributed by atoms with Gasteiger partial charge in [0.25, 0.3) is 5.91 Å². The first-order valence-corrected chi connectivity index (χ1v) is 6.57. The van der Waals surface area contributed by atoms with E-state index in [0.717, 1.165) is 36.1 Å². The average molecular weight is 247 g/mol. The summed E-state index contributed by atoms with van der Waals surface area (Å²) >= 11 is 0.